The first-order valence-electron chi connectivity index (χ1n) is 4.42. The van der Waals surface area contributed by atoms with Crippen molar-refractivity contribution in [1.29, 1.82) is 0 Å². The monoisotopic (exact) mass is 168 g/mol. The summed E-state index contributed by atoms with van der Waals surface area (Å²) in [5.74, 6) is 0.177. The summed E-state index contributed by atoms with van der Waals surface area (Å²) in [6, 6.07) is 0. The van der Waals surface area contributed by atoms with Crippen LogP contribution in [0.2, 0.25) is 0 Å². The summed E-state index contributed by atoms with van der Waals surface area (Å²) in [7, 11) is 0. The van der Waals surface area contributed by atoms with Crippen molar-refractivity contribution in [2.24, 2.45) is 5.92 Å². The summed E-state index contributed by atoms with van der Waals surface area (Å²) in [5, 5.41) is 0. The second-order valence-corrected chi connectivity index (χ2v) is 2.58. The third-order valence-electron chi connectivity index (χ3n) is 1.85. The summed E-state index contributed by atoms with van der Waals surface area (Å²) in [6.45, 7) is 7.37. The van der Waals surface area contributed by atoms with Crippen LogP contribution in [0.1, 0.15) is 33.1 Å². The van der Waals surface area contributed by atoms with Gasteiger partial charge in [0.05, 0.1) is 0 Å². The molecule has 12 heavy (non-hydrogen) atoms. The highest BCUT2D eigenvalue weighted by molar-refractivity contribution is 5.96. The average molecular weight is 168 g/mol. The van der Waals surface area contributed by atoms with Crippen molar-refractivity contribution in [1.82, 2.24) is 0 Å². The van der Waals surface area contributed by atoms with Crippen LogP contribution in [-0.2, 0) is 9.59 Å². The molecular formula is C10H16O2. The average Bonchev–Trinajstić information content (AvgIpc) is 2.54. The molecule has 1 atom stereocenters. The fourth-order valence-electron chi connectivity index (χ4n) is 1.22. The molecule has 0 aromatic rings. The second-order valence-electron chi connectivity index (χ2n) is 2.58. The number of hydrogen-bond acceptors (Lipinski definition) is 2. The van der Waals surface area contributed by atoms with Crippen molar-refractivity contribution >= 4 is 11.6 Å². The smallest absolute Gasteiger partial charge is 0.158 e. The van der Waals surface area contributed by atoms with Gasteiger partial charge in [-0.25, -0.2) is 0 Å². The van der Waals surface area contributed by atoms with Gasteiger partial charge in [0.15, 0.2) is 5.78 Å². The van der Waals surface area contributed by atoms with Gasteiger partial charge in [-0.3, -0.25) is 9.59 Å². The summed E-state index contributed by atoms with van der Waals surface area (Å²) in [4.78, 5) is 21.6. The third-order valence-corrected chi connectivity index (χ3v) is 1.85. The van der Waals surface area contributed by atoms with Crippen LogP contribution < -0.4 is 0 Å². The largest absolute Gasteiger partial charge is 0.300 e. The van der Waals surface area contributed by atoms with Gasteiger partial charge in [-0.1, -0.05) is 20.4 Å². The zero-order chi connectivity index (χ0) is 9.56. The molecule has 2 nitrogen and oxygen atoms in total. The molecule has 0 bridgehead atoms. The Kier molecular flexibility index (Phi) is 5.26. The zero-order valence-electron chi connectivity index (χ0n) is 7.80. The highest BCUT2D eigenvalue weighted by Gasteiger charge is 2.25. The van der Waals surface area contributed by atoms with Gasteiger partial charge >= 0.3 is 0 Å². The number of hydrogen-bond donors (Lipinski definition) is 0. The van der Waals surface area contributed by atoms with Crippen LogP contribution in [0.3, 0.4) is 0 Å². The lowest BCUT2D eigenvalue weighted by atomic mass is 10.0. The molecular weight excluding hydrogens is 152 g/mol. The van der Waals surface area contributed by atoms with E-state index >= 15 is 0 Å². The van der Waals surface area contributed by atoms with E-state index in [9.17, 15) is 9.59 Å². The molecule has 0 aromatic carbocycles. The molecule has 1 aliphatic carbocycles. The van der Waals surface area contributed by atoms with Crippen LogP contribution in [0.4, 0.5) is 0 Å². The minimum Gasteiger partial charge on any atom is -0.300 e. The summed E-state index contributed by atoms with van der Waals surface area (Å²) < 4.78 is 0. The quantitative estimate of drug-likeness (QED) is 0.592. The van der Waals surface area contributed by atoms with Gasteiger partial charge in [-0.2, -0.15) is 0 Å². The molecule has 0 radical (unpaired) electrons. The Hall–Kier alpha value is -0.920. The Labute approximate surface area is 73.7 Å². The maximum Gasteiger partial charge on any atom is 0.158 e. The van der Waals surface area contributed by atoms with Crippen LogP contribution in [0.25, 0.3) is 0 Å². The molecule has 0 aliphatic heterocycles. The first-order valence-corrected chi connectivity index (χ1v) is 4.42. The molecule has 1 saturated carbocycles. The number of Topliss-reactive ketones (excluding diaryl/α,β-unsaturated/α-hetero) is 1. The Bertz CT molecular complexity index is 182. The summed E-state index contributed by atoms with van der Waals surface area (Å²) >= 11 is 0. The maximum absolute atomic E-state index is 10.9. The topological polar surface area (TPSA) is 34.1 Å². The van der Waals surface area contributed by atoms with E-state index in [1.807, 2.05) is 13.8 Å². The van der Waals surface area contributed by atoms with Crippen molar-refractivity contribution < 1.29 is 9.59 Å². The minimum atomic E-state index is -0.0509. The Morgan fingerprint density at radius 3 is 2.50 bits per heavy atom. The number of carbonyl (C=O) groups excluding carboxylic acids is 2. The summed E-state index contributed by atoms with van der Waals surface area (Å²) in [5.41, 5.74) is 0. The molecule has 1 aliphatic rings. The summed E-state index contributed by atoms with van der Waals surface area (Å²) in [6.07, 6.45) is 3.04. The molecule has 0 amide bonds. The molecule has 68 valence electrons. The minimum absolute atomic E-state index is 0.0193. The highest BCUT2D eigenvalue weighted by Crippen LogP contribution is 2.22. The van der Waals surface area contributed by atoms with Crippen LogP contribution in [0.15, 0.2) is 12.7 Å². The first-order chi connectivity index (χ1) is 5.74. The van der Waals surface area contributed by atoms with Crippen molar-refractivity contribution in [2.75, 3.05) is 0 Å². The SMILES string of the molecule is C=CC(=O)C1CCC(=O)C1.CC. The van der Waals surface area contributed by atoms with E-state index in [0.29, 0.717) is 12.8 Å². The van der Waals surface area contributed by atoms with Crippen LogP contribution in [0, 0.1) is 5.92 Å². The van der Waals surface area contributed by atoms with Gasteiger partial charge in [0.2, 0.25) is 0 Å². The molecule has 0 spiro atoms. The predicted octanol–water partition coefficient (Wildman–Crippen LogP) is 2.14. The normalized spacial score (nSPS) is 21.2. The Balaban J connectivity index is 0.000000561. The van der Waals surface area contributed by atoms with Gasteiger partial charge in [-0.05, 0) is 12.5 Å². The van der Waals surface area contributed by atoms with E-state index in [1.165, 1.54) is 6.08 Å². The lowest BCUT2D eigenvalue weighted by Crippen LogP contribution is -2.07. The molecule has 1 rings (SSSR count). The Morgan fingerprint density at radius 1 is 1.58 bits per heavy atom. The van der Waals surface area contributed by atoms with Gasteiger partial charge < -0.3 is 0 Å². The molecule has 0 aromatic heterocycles. The van der Waals surface area contributed by atoms with Gasteiger partial charge in [-0.15, -0.1) is 0 Å². The molecule has 1 fully saturated rings. The molecule has 1 unspecified atom stereocenters. The maximum atomic E-state index is 10.9. The van der Waals surface area contributed by atoms with Crippen LogP contribution >= 0.6 is 0 Å². The number of ketones is 2. The van der Waals surface area contributed by atoms with Crippen LogP contribution in [-0.4, -0.2) is 11.6 Å². The Morgan fingerprint density at radius 2 is 2.17 bits per heavy atom. The first kappa shape index (κ1) is 11.1. The fraction of sp³-hybridized carbons (Fsp3) is 0.600. The highest BCUT2D eigenvalue weighted by atomic mass is 16.1. The van der Waals surface area contributed by atoms with E-state index in [0.717, 1.165) is 6.42 Å². The fourth-order valence-corrected chi connectivity index (χ4v) is 1.22. The second kappa shape index (κ2) is 5.70. The molecule has 0 heterocycles. The van der Waals surface area contributed by atoms with Gasteiger partial charge in [0, 0.05) is 18.8 Å². The van der Waals surface area contributed by atoms with E-state index in [-0.39, 0.29) is 17.5 Å². The van der Waals surface area contributed by atoms with Crippen molar-refractivity contribution in [2.45, 2.75) is 33.1 Å². The van der Waals surface area contributed by atoms with Crippen molar-refractivity contribution in [3.8, 4) is 0 Å². The van der Waals surface area contributed by atoms with E-state index in [4.69, 9.17) is 0 Å². The number of rotatable bonds is 2. The predicted molar refractivity (Wildman–Crippen MR) is 48.9 cm³/mol. The number of allylic oxidation sites excluding steroid dienone is 1. The van der Waals surface area contributed by atoms with Gasteiger partial charge in [0.1, 0.15) is 5.78 Å². The van der Waals surface area contributed by atoms with Crippen LogP contribution in [0.5, 0.6) is 0 Å². The van der Waals surface area contributed by atoms with Crippen molar-refractivity contribution in [3.05, 3.63) is 12.7 Å². The lowest BCUT2D eigenvalue weighted by Gasteiger charge is -1.99. The molecule has 0 N–H and O–H groups in total. The van der Waals surface area contributed by atoms with E-state index in [2.05, 4.69) is 6.58 Å². The third kappa shape index (κ3) is 2.99. The zero-order valence-corrected chi connectivity index (χ0v) is 7.80. The van der Waals surface area contributed by atoms with E-state index < -0.39 is 0 Å². The van der Waals surface area contributed by atoms with Gasteiger partial charge in [0.25, 0.3) is 0 Å². The molecule has 2 heteroatoms. The van der Waals surface area contributed by atoms with E-state index in [1.54, 1.807) is 0 Å². The standard InChI is InChI=1S/C8H10O2.C2H6/c1-2-8(10)6-3-4-7(9)5-6;1-2/h2,6H,1,3-5H2;1-2H3. The van der Waals surface area contributed by atoms with Crippen molar-refractivity contribution in [3.63, 3.8) is 0 Å². The molecule has 0 saturated heterocycles. The lowest BCUT2D eigenvalue weighted by molar-refractivity contribution is -0.121. The number of carbonyl (C=O) groups is 2.